The molecular formula is C13H18N2O4S. The number of aromatic carboxylic acids is 1. The van der Waals surface area contributed by atoms with Crippen molar-refractivity contribution >= 4 is 16.0 Å². The standard InChI is InChI=1S/C13H18N2O4S/c1-2-10-4-3-7-15(9-10)20(18,19)12-6-5-11(8-14-12)13(16)17/h5-6,8,10H,2-4,7,9H2,1H3,(H,16,17). The van der Waals surface area contributed by atoms with Gasteiger partial charge in [0.2, 0.25) is 0 Å². The summed E-state index contributed by atoms with van der Waals surface area (Å²) in [6.07, 6.45) is 3.94. The van der Waals surface area contributed by atoms with Gasteiger partial charge in [-0.3, -0.25) is 0 Å². The molecule has 1 saturated heterocycles. The summed E-state index contributed by atoms with van der Waals surface area (Å²) in [4.78, 5) is 14.5. The van der Waals surface area contributed by atoms with E-state index in [-0.39, 0.29) is 10.6 Å². The predicted octanol–water partition coefficient (Wildman–Crippen LogP) is 1.59. The molecule has 20 heavy (non-hydrogen) atoms. The minimum atomic E-state index is -3.62. The van der Waals surface area contributed by atoms with E-state index in [1.807, 2.05) is 0 Å². The first-order valence-electron chi connectivity index (χ1n) is 6.64. The van der Waals surface area contributed by atoms with Crippen molar-refractivity contribution in [2.24, 2.45) is 5.92 Å². The zero-order valence-corrected chi connectivity index (χ0v) is 12.1. The summed E-state index contributed by atoms with van der Waals surface area (Å²) < 4.78 is 26.3. The fourth-order valence-corrected chi connectivity index (χ4v) is 3.84. The van der Waals surface area contributed by atoms with Gasteiger partial charge in [-0.2, -0.15) is 4.31 Å². The van der Waals surface area contributed by atoms with E-state index in [1.54, 1.807) is 0 Å². The number of carbonyl (C=O) groups is 1. The Labute approximate surface area is 118 Å². The Bertz CT molecular complexity index is 583. The summed E-state index contributed by atoms with van der Waals surface area (Å²) in [7, 11) is -3.62. The van der Waals surface area contributed by atoms with Crippen LogP contribution in [0, 0.1) is 5.92 Å². The van der Waals surface area contributed by atoms with E-state index >= 15 is 0 Å². The van der Waals surface area contributed by atoms with Crippen molar-refractivity contribution in [1.82, 2.24) is 9.29 Å². The highest BCUT2D eigenvalue weighted by Gasteiger charge is 2.30. The first-order valence-corrected chi connectivity index (χ1v) is 8.08. The number of hydrogen-bond acceptors (Lipinski definition) is 4. The van der Waals surface area contributed by atoms with Gasteiger partial charge in [-0.25, -0.2) is 18.2 Å². The molecule has 0 aliphatic carbocycles. The monoisotopic (exact) mass is 298 g/mol. The number of sulfonamides is 1. The molecule has 1 fully saturated rings. The van der Waals surface area contributed by atoms with Crippen LogP contribution in [0.5, 0.6) is 0 Å². The average Bonchev–Trinajstić information content (AvgIpc) is 2.47. The molecule has 0 aromatic carbocycles. The van der Waals surface area contributed by atoms with E-state index < -0.39 is 16.0 Å². The third-order valence-corrected chi connectivity index (χ3v) is 5.43. The Balaban J connectivity index is 2.23. The summed E-state index contributed by atoms with van der Waals surface area (Å²) in [5.41, 5.74) is -0.0194. The highest BCUT2D eigenvalue weighted by Crippen LogP contribution is 2.24. The lowest BCUT2D eigenvalue weighted by molar-refractivity contribution is 0.0696. The molecule has 7 heteroatoms. The molecule has 0 spiro atoms. The molecule has 1 aromatic heterocycles. The molecule has 0 amide bonds. The quantitative estimate of drug-likeness (QED) is 0.912. The van der Waals surface area contributed by atoms with Crippen molar-refractivity contribution < 1.29 is 18.3 Å². The normalized spacial score (nSPS) is 20.8. The lowest BCUT2D eigenvalue weighted by atomic mass is 9.97. The highest BCUT2D eigenvalue weighted by atomic mass is 32.2. The Morgan fingerprint density at radius 3 is 2.80 bits per heavy atom. The maximum absolute atomic E-state index is 12.4. The van der Waals surface area contributed by atoms with Crippen LogP contribution < -0.4 is 0 Å². The molecule has 6 nitrogen and oxygen atoms in total. The van der Waals surface area contributed by atoms with Crippen LogP contribution in [-0.4, -0.2) is 41.9 Å². The summed E-state index contributed by atoms with van der Waals surface area (Å²) in [5, 5.41) is 8.71. The number of carboxylic acids is 1. The SMILES string of the molecule is CCC1CCCN(S(=O)(=O)c2ccc(C(=O)O)cn2)C1. The molecule has 1 atom stereocenters. The molecule has 2 rings (SSSR count). The van der Waals surface area contributed by atoms with E-state index in [2.05, 4.69) is 11.9 Å². The van der Waals surface area contributed by atoms with Gasteiger partial charge in [0.15, 0.2) is 5.03 Å². The summed E-state index contributed by atoms with van der Waals surface area (Å²) in [6.45, 7) is 3.07. The van der Waals surface area contributed by atoms with Gasteiger partial charge in [0.05, 0.1) is 5.56 Å². The van der Waals surface area contributed by atoms with Crippen LogP contribution in [0.2, 0.25) is 0 Å². The Morgan fingerprint density at radius 2 is 2.25 bits per heavy atom. The molecule has 110 valence electrons. The fraction of sp³-hybridized carbons (Fsp3) is 0.538. The van der Waals surface area contributed by atoms with Crippen LogP contribution in [0.3, 0.4) is 0 Å². The number of pyridine rings is 1. The lowest BCUT2D eigenvalue weighted by Crippen LogP contribution is -2.40. The van der Waals surface area contributed by atoms with Crippen molar-refractivity contribution in [2.75, 3.05) is 13.1 Å². The van der Waals surface area contributed by atoms with Crippen molar-refractivity contribution in [1.29, 1.82) is 0 Å². The van der Waals surface area contributed by atoms with Gasteiger partial charge in [-0.05, 0) is 30.9 Å². The third-order valence-electron chi connectivity index (χ3n) is 3.65. The second-order valence-electron chi connectivity index (χ2n) is 4.97. The molecule has 1 aliphatic heterocycles. The van der Waals surface area contributed by atoms with Gasteiger partial charge in [-0.1, -0.05) is 13.3 Å². The van der Waals surface area contributed by atoms with E-state index in [1.165, 1.54) is 16.4 Å². The number of carboxylic acid groups (broad SMARTS) is 1. The van der Waals surface area contributed by atoms with E-state index in [0.29, 0.717) is 19.0 Å². The number of hydrogen-bond donors (Lipinski definition) is 1. The van der Waals surface area contributed by atoms with Gasteiger partial charge in [0.1, 0.15) is 0 Å². The van der Waals surface area contributed by atoms with Gasteiger partial charge < -0.3 is 5.11 Å². The zero-order valence-electron chi connectivity index (χ0n) is 11.3. The van der Waals surface area contributed by atoms with Gasteiger partial charge in [0.25, 0.3) is 10.0 Å². The third kappa shape index (κ3) is 2.99. The van der Waals surface area contributed by atoms with Crippen LogP contribution in [0.15, 0.2) is 23.4 Å². The molecule has 1 aliphatic rings. The number of piperidine rings is 1. The molecule has 2 heterocycles. The maximum atomic E-state index is 12.4. The maximum Gasteiger partial charge on any atom is 0.337 e. The molecule has 0 bridgehead atoms. The van der Waals surface area contributed by atoms with Crippen molar-refractivity contribution in [3.05, 3.63) is 23.9 Å². The molecule has 1 unspecified atom stereocenters. The first kappa shape index (κ1) is 14.9. The van der Waals surface area contributed by atoms with E-state index in [4.69, 9.17) is 5.11 Å². The largest absolute Gasteiger partial charge is 0.478 e. The summed E-state index contributed by atoms with van der Waals surface area (Å²) in [5.74, 6) is -0.734. The number of nitrogens with zero attached hydrogens (tertiary/aromatic N) is 2. The van der Waals surface area contributed by atoms with Crippen LogP contribution in [0.4, 0.5) is 0 Å². The molecule has 1 N–H and O–H groups in total. The van der Waals surface area contributed by atoms with Gasteiger partial charge in [0, 0.05) is 19.3 Å². The van der Waals surface area contributed by atoms with Crippen LogP contribution >= 0.6 is 0 Å². The van der Waals surface area contributed by atoms with Crippen molar-refractivity contribution in [3.8, 4) is 0 Å². The second-order valence-corrected chi connectivity index (χ2v) is 6.85. The molecular weight excluding hydrogens is 280 g/mol. The van der Waals surface area contributed by atoms with Crippen LogP contribution in [0.1, 0.15) is 36.5 Å². The first-order chi connectivity index (χ1) is 9.45. The Hall–Kier alpha value is -1.47. The number of rotatable bonds is 4. The Morgan fingerprint density at radius 1 is 1.50 bits per heavy atom. The minimum absolute atomic E-state index is 0.0194. The van der Waals surface area contributed by atoms with Crippen molar-refractivity contribution in [3.63, 3.8) is 0 Å². The Kier molecular flexibility index (Phi) is 4.39. The van der Waals surface area contributed by atoms with Crippen molar-refractivity contribution in [2.45, 2.75) is 31.2 Å². The predicted molar refractivity (Wildman–Crippen MR) is 73.0 cm³/mol. The van der Waals surface area contributed by atoms with E-state index in [0.717, 1.165) is 25.5 Å². The van der Waals surface area contributed by atoms with Crippen LogP contribution in [-0.2, 0) is 10.0 Å². The topological polar surface area (TPSA) is 87.6 Å². The minimum Gasteiger partial charge on any atom is -0.478 e. The van der Waals surface area contributed by atoms with Gasteiger partial charge >= 0.3 is 5.97 Å². The second kappa shape index (κ2) is 5.88. The number of aromatic nitrogens is 1. The zero-order chi connectivity index (χ0) is 14.8. The van der Waals surface area contributed by atoms with Gasteiger partial charge in [-0.15, -0.1) is 0 Å². The lowest BCUT2D eigenvalue weighted by Gasteiger charge is -2.31. The summed E-state index contributed by atoms with van der Waals surface area (Å²) in [6, 6.07) is 2.53. The molecule has 1 aromatic rings. The fourth-order valence-electron chi connectivity index (χ4n) is 2.37. The molecule has 0 saturated carbocycles. The smallest absolute Gasteiger partial charge is 0.337 e. The summed E-state index contributed by atoms with van der Waals surface area (Å²) >= 11 is 0. The van der Waals surface area contributed by atoms with E-state index in [9.17, 15) is 13.2 Å². The average molecular weight is 298 g/mol. The highest BCUT2D eigenvalue weighted by molar-refractivity contribution is 7.89. The molecule has 0 radical (unpaired) electrons. The van der Waals surface area contributed by atoms with Crippen LogP contribution in [0.25, 0.3) is 0 Å².